The maximum Gasteiger partial charge on any atom is 0.259 e. The van der Waals surface area contributed by atoms with Crippen molar-refractivity contribution < 1.29 is 9.05 Å². The highest BCUT2D eigenvalue weighted by molar-refractivity contribution is 7.44. The highest BCUT2D eigenvalue weighted by Crippen LogP contribution is 2.46. The van der Waals surface area contributed by atoms with Crippen molar-refractivity contribution in [3.63, 3.8) is 0 Å². The molecule has 17 heavy (non-hydrogen) atoms. The third-order valence-electron chi connectivity index (χ3n) is 1.95. The topological polar surface area (TPSA) is 26.1 Å². The Morgan fingerprint density at radius 2 is 1.65 bits per heavy atom. The minimum absolute atomic E-state index is 0.133. The second kappa shape index (κ2) is 8.83. The van der Waals surface area contributed by atoms with Crippen molar-refractivity contribution in [2.75, 3.05) is 13.2 Å². The minimum Gasteiger partial charge on any atom is -0.319 e. The molecule has 0 fully saturated rings. The summed E-state index contributed by atoms with van der Waals surface area (Å²) in [6.07, 6.45) is 0.133. The molecule has 0 aliphatic rings. The Hall–Kier alpha value is -0.200. The van der Waals surface area contributed by atoms with Crippen molar-refractivity contribution in [2.45, 2.75) is 59.7 Å². The minimum atomic E-state index is -1.06. The Morgan fingerprint density at radius 1 is 1.12 bits per heavy atom. The largest absolute Gasteiger partial charge is 0.319 e. The predicted octanol–water partition coefficient (Wildman–Crippen LogP) is 3.69. The Morgan fingerprint density at radius 3 is 2.00 bits per heavy atom. The molecule has 1 unspecified atom stereocenters. The van der Waals surface area contributed by atoms with Crippen LogP contribution in [0.15, 0.2) is 0 Å². The molecule has 0 aromatic carbocycles. The summed E-state index contributed by atoms with van der Waals surface area (Å²) >= 11 is 0. The van der Waals surface area contributed by atoms with Gasteiger partial charge >= 0.3 is 0 Å². The van der Waals surface area contributed by atoms with Crippen molar-refractivity contribution in [1.29, 1.82) is 0 Å². The van der Waals surface area contributed by atoms with E-state index in [0.29, 0.717) is 25.2 Å². The second-order valence-corrected chi connectivity index (χ2v) is 6.08. The molecule has 0 aromatic heterocycles. The molecule has 5 heteroatoms. The van der Waals surface area contributed by atoms with Gasteiger partial charge in [-0.15, -0.1) is 0 Å². The SMILES string of the molecule is [C-]#[N+]CCOP(OC(C)C)N(C(C)C)C(C)C. The van der Waals surface area contributed by atoms with Gasteiger partial charge < -0.3 is 13.9 Å². The number of nitrogens with zero attached hydrogens (tertiary/aromatic N) is 2. The zero-order chi connectivity index (χ0) is 13.4. The molecule has 0 amide bonds. The van der Waals surface area contributed by atoms with E-state index >= 15 is 0 Å². The van der Waals surface area contributed by atoms with Crippen LogP contribution in [0.4, 0.5) is 0 Å². The van der Waals surface area contributed by atoms with Crippen LogP contribution in [-0.4, -0.2) is 36.0 Å². The fourth-order valence-corrected chi connectivity index (χ4v) is 3.13. The van der Waals surface area contributed by atoms with Gasteiger partial charge in [-0.05, 0) is 41.5 Å². The zero-order valence-electron chi connectivity index (χ0n) is 11.8. The maximum absolute atomic E-state index is 6.76. The molecule has 0 radical (unpaired) electrons. The number of hydrogen-bond donors (Lipinski definition) is 0. The number of hydrogen-bond acceptors (Lipinski definition) is 3. The lowest BCUT2D eigenvalue weighted by Gasteiger charge is -2.36. The number of rotatable bonds is 8. The zero-order valence-corrected chi connectivity index (χ0v) is 12.7. The summed E-state index contributed by atoms with van der Waals surface area (Å²) in [6, 6.07) is 0.737. The van der Waals surface area contributed by atoms with Crippen molar-refractivity contribution in [1.82, 2.24) is 4.67 Å². The van der Waals surface area contributed by atoms with Crippen molar-refractivity contribution in [2.24, 2.45) is 0 Å². The van der Waals surface area contributed by atoms with Gasteiger partial charge in [0.25, 0.3) is 8.53 Å². The van der Waals surface area contributed by atoms with Crippen molar-refractivity contribution in [3.8, 4) is 0 Å². The summed E-state index contributed by atoms with van der Waals surface area (Å²) in [5.41, 5.74) is 0. The van der Waals surface area contributed by atoms with Crippen LogP contribution < -0.4 is 0 Å². The van der Waals surface area contributed by atoms with E-state index in [2.05, 4.69) is 37.2 Å². The summed E-state index contributed by atoms with van der Waals surface area (Å²) in [7, 11) is -1.06. The Bertz CT molecular complexity index is 231. The first-order valence-corrected chi connectivity index (χ1v) is 7.24. The van der Waals surface area contributed by atoms with Gasteiger partial charge in [0, 0.05) is 12.1 Å². The highest BCUT2D eigenvalue weighted by atomic mass is 31.2. The lowest BCUT2D eigenvalue weighted by Crippen LogP contribution is -2.34. The molecule has 0 aliphatic heterocycles. The molecule has 4 nitrogen and oxygen atoms in total. The van der Waals surface area contributed by atoms with Crippen LogP contribution in [-0.2, 0) is 9.05 Å². The smallest absolute Gasteiger partial charge is 0.259 e. The standard InChI is InChI=1S/C12H25N2O2P/c1-10(2)14(11(3)4)17(16-12(5)6)15-9-8-13-7/h10-12H,8-9H2,1-6H3. The van der Waals surface area contributed by atoms with Gasteiger partial charge in [0.15, 0.2) is 0 Å². The summed E-state index contributed by atoms with van der Waals surface area (Å²) < 4.78 is 13.8. The average Bonchev–Trinajstić information content (AvgIpc) is 2.15. The lowest BCUT2D eigenvalue weighted by atomic mass is 10.3. The van der Waals surface area contributed by atoms with Crippen LogP contribution in [0.1, 0.15) is 41.5 Å². The molecule has 1 atom stereocenters. The van der Waals surface area contributed by atoms with E-state index in [0.717, 1.165) is 0 Å². The van der Waals surface area contributed by atoms with Crippen LogP contribution in [0.3, 0.4) is 0 Å². The summed E-state index contributed by atoms with van der Waals surface area (Å²) in [5, 5.41) is 0. The van der Waals surface area contributed by atoms with Crippen LogP contribution in [0.25, 0.3) is 4.85 Å². The third-order valence-corrected chi connectivity index (χ3v) is 4.26. The summed E-state index contributed by atoms with van der Waals surface area (Å²) in [4.78, 5) is 3.30. The van der Waals surface area contributed by atoms with Crippen LogP contribution in [0, 0.1) is 6.57 Å². The van der Waals surface area contributed by atoms with E-state index in [1.54, 1.807) is 0 Å². The summed E-state index contributed by atoms with van der Waals surface area (Å²) in [5.74, 6) is 0. The average molecular weight is 260 g/mol. The fourth-order valence-electron chi connectivity index (χ4n) is 1.47. The molecule has 0 rings (SSSR count). The van der Waals surface area contributed by atoms with Gasteiger partial charge in [0.2, 0.25) is 6.54 Å². The van der Waals surface area contributed by atoms with Crippen LogP contribution >= 0.6 is 8.53 Å². The first kappa shape index (κ1) is 16.8. The van der Waals surface area contributed by atoms with E-state index in [1.165, 1.54) is 0 Å². The Kier molecular flexibility index (Phi) is 8.72. The lowest BCUT2D eigenvalue weighted by molar-refractivity contribution is 0.151. The van der Waals surface area contributed by atoms with Gasteiger partial charge in [0.1, 0.15) is 6.61 Å². The van der Waals surface area contributed by atoms with Crippen LogP contribution in [0.5, 0.6) is 0 Å². The molecule has 0 saturated carbocycles. The normalized spacial score (nSPS) is 13.7. The van der Waals surface area contributed by atoms with Crippen LogP contribution in [0.2, 0.25) is 0 Å². The Balaban J connectivity index is 4.56. The molecule has 0 heterocycles. The summed E-state index contributed by atoms with van der Waals surface area (Å²) in [6.45, 7) is 20.2. The van der Waals surface area contributed by atoms with E-state index < -0.39 is 8.53 Å². The van der Waals surface area contributed by atoms with Gasteiger partial charge in [0.05, 0.1) is 6.10 Å². The molecular weight excluding hydrogens is 235 g/mol. The first-order chi connectivity index (χ1) is 7.90. The van der Waals surface area contributed by atoms with E-state index in [4.69, 9.17) is 15.6 Å². The molecular formula is C12H25N2O2P. The van der Waals surface area contributed by atoms with Gasteiger partial charge in [-0.25, -0.2) is 11.2 Å². The monoisotopic (exact) mass is 260 g/mol. The molecule has 0 aromatic rings. The molecule has 100 valence electrons. The molecule has 0 saturated heterocycles. The molecule has 0 spiro atoms. The first-order valence-electron chi connectivity index (χ1n) is 6.11. The second-order valence-electron chi connectivity index (χ2n) is 4.67. The molecule has 0 bridgehead atoms. The maximum atomic E-state index is 6.76. The Labute approximate surface area is 107 Å². The quantitative estimate of drug-likeness (QED) is 0.378. The fraction of sp³-hybridized carbons (Fsp3) is 0.917. The third kappa shape index (κ3) is 6.95. The molecule has 0 N–H and O–H groups in total. The highest BCUT2D eigenvalue weighted by Gasteiger charge is 2.27. The van der Waals surface area contributed by atoms with Crippen molar-refractivity contribution >= 4 is 8.53 Å². The van der Waals surface area contributed by atoms with E-state index in [-0.39, 0.29) is 6.10 Å². The predicted molar refractivity (Wildman–Crippen MR) is 72.7 cm³/mol. The molecule has 0 aliphatic carbocycles. The van der Waals surface area contributed by atoms with Gasteiger partial charge in [-0.3, -0.25) is 0 Å². The van der Waals surface area contributed by atoms with Crippen molar-refractivity contribution in [3.05, 3.63) is 11.4 Å². The van der Waals surface area contributed by atoms with Gasteiger partial charge in [-0.2, -0.15) is 0 Å². The van der Waals surface area contributed by atoms with Gasteiger partial charge in [-0.1, -0.05) is 0 Å². The van der Waals surface area contributed by atoms with E-state index in [9.17, 15) is 0 Å². The van der Waals surface area contributed by atoms with E-state index in [1.807, 2.05) is 13.8 Å².